The average molecular weight is 414 g/mol. The topological polar surface area (TPSA) is 110 Å². The van der Waals surface area contributed by atoms with Crippen molar-refractivity contribution in [3.05, 3.63) is 35.7 Å². The summed E-state index contributed by atoms with van der Waals surface area (Å²) >= 11 is 0. The van der Waals surface area contributed by atoms with E-state index in [1.165, 1.54) is 35.5 Å². The van der Waals surface area contributed by atoms with Crippen molar-refractivity contribution in [2.75, 3.05) is 17.8 Å². The zero-order valence-electron chi connectivity index (χ0n) is 15.3. The average Bonchev–Trinajstić information content (AvgIpc) is 2.81. The zero-order valence-corrected chi connectivity index (χ0v) is 16.9. The van der Waals surface area contributed by atoms with Crippen molar-refractivity contribution >= 4 is 25.7 Å². The molecule has 0 atom stereocenters. The fourth-order valence-corrected chi connectivity index (χ4v) is 6.10. The highest BCUT2D eigenvalue weighted by Crippen LogP contribution is 2.25. The Morgan fingerprint density at radius 3 is 2.07 bits per heavy atom. The van der Waals surface area contributed by atoms with Crippen LogP contribution in [0.5, 0.6) is 0 Å². The molecule has 0 amide bonds. The van der Waals surface area contributed by atoms with Gasteiger partial charge in [-0.3, -0.25) is 4.72 Å². The van der Waals surface area contributed by atoms with Crippen LogP contribution < -0.4 is 4.72 Å². The summed E-state index contributed by atoms with van der Waals surface area (Å²) in [6.07, 6.45) is 3.78. The van der Waals surface area contributed by atoms with Crippen LogP contribution in [0, 0.1) is 13.8 Å². The minimum atomic E-state index is -3.87. The summed E-state index contributed by atoms with van der Waals surface area (Å²) in [4.78, 5) is 0.147. The van der Waals surface area contributed by atoms with Gasteiger partial charge >= 0.3 is 0 Å². The van der Waals surface area contributed by atoms with Gasteiger partial charge in [0.05, 0.1) is 4.90 Å². The van der Waals surface area contributed by atoms with Crippen LogP contribution in [0.25, 0.3) is 0 Å². The van der Waals surface area contributed by atoms with E-state index < -0.39 is 20.0 Å². The molecular weight excluding hydrogens is 390 g/mol. The third-order valence-electron chi connectivity index (χ3n) is 4.55. The Kier molecular flexibility index (Phi) is 5.59. The molecule has 148 valence electrons. The van der Waals surface area contributed by atoms with Crippen molar-refractivity contribution in [1.29, 1.82) is 0 Å². The molecule has 27 heavy (non-hydrogen) atoms. The maximum atomic E-state index is 12.8. The van der Waals surface area contributed by atoms with Crippen LogP contribution in [0.1, 0.15) is 37.1 Å². The molecule has 2 heterocycles. The number of nitrogens with one attached hydrogen (secondary N) is 1. The van der Waals surface area contributed by atoms with Crippen LogP contribution in [0.3, 0.4) is 0 Å². The molecule has 10 heteroatoms. The van der Waals surface area contributed by atoms with Crippen molar-refractivity contribution in [2.24, 2.45) is 0 Å². The Balaban J connectivity index is 1.81. The fraction of sp³-hybridized carbons (Fsp3) is 0.471. The van der Waals surface area contributed by atoms with E-state index >= 15 is 0 Å². The van der Waals surface area contributed by atoms with Crippen LogP contribution in [0.15, 0.2) is 38.6 Å². The summed E-state index contributed by atoms with van der Waals surface area (Å²) in [5, 5.41) is 3.65. The van der Waals surface area contributed by atoms with E-state index in [0.717, 1.165) is 25.7 Å². The number of hydrogen-bond donors (Lipinski definition) is 1. The quantitative estimate of drug-likeness (QED) is 0.807. The maximum Gasteiger partial charge on any atom is 0.267 e. The minimum absolute atomic E-state index is 0.0104. The molecule has 2 aromatic rings. The van der Waals surface area contributed by atoms with E-state index in [2.05, 4.69) is 9.88 Å². The highest BCUT2D eigenvalue weighted by molar-refractivity contribution is 7.92. The SMILES string of the molecule is Cc1noc(C)c1S(=O)(=O)Nc1ccc(S(=O)(=O)N2CCCCCC2)cc1. The first-order valence-electron chi connectivity index (χ1n) is 8.78. The molecule has 1 aromatic carbocycles. The van der Waals surface area contributed by atoms with Gasteiger partial charge in [-0.25, -0.2) is 16.8 Å². The third-order valence-corrected chi connectivity index (χ3v) is 8.08. The number of benzene rings is 1. The Bertz CT molecular complexity index is 984. The normalized spacial score (nSPS) is 16.8. The molecule has 1 N–H and O–H groups in total. The molecule has 0 unspecified atom stereocenters. The van der Waals surface area contributed by atoms with E-state index in [0.29, 0.717) is 13.1 Å². The third kappa shape index (κ3) is 4.17. The predicted octanol–water partition coefficient (Wildman–Crippen LogP) is 2.66. The number of sulfonamides is 2. The number of nitrogens with zero attached hydrogens (tertiary/aromatic N) is 2. The monoisotopic (exact) mass is 413 g/mol. The molecule has 0 spiro atoms. The molecule has 1 fully saturated rings. The van der Waals surface area contributed by atoms with Gasteiger partial charge in [-0.2, -0.15) is 4.31 Å². The largest absolute Gasteiger partial charge is 0.360 e. The molecule has 0 saturated carbocycles. The summed E-state index contributed by atoms with van der Waals surface area (Å²) in [6.45, 7) is 4.10. The Morgan fingerprint density at radius 2 is 1.56 bits per heavy atom. The summed E-state index contributed by atoms with van der Waals surface area (Å²) in [5.74, 6) is 0.195. The molecular formula is C17H23N3O5S2. The van der Waals surface area contributed by atoms with Gasteiger partial charge in [-0.15, -0.1) is 0 Å². The van der Waals surface area contributed by atoms with Crippen molar-refractivity contribution in [3.63, 3.8) is 0 Å². The van der Waals surface area contributed by atoms with E-state index in [4.69, 9.17) is 4.52 Å². The van der Waals surface area contributed by atoms with Gasteiger partial charge in [0, 0.05) is 18.8 Å². The smallest absolute Gasteiger partial charge is 0.267 e. The Labute approximate surface area is 159 Å². The minimum Gasteiger partial charge on any atom is -0.360 e. The summed E-state index contributed by atoms with van der Waals surface area (Å²) < 4.78 is 59.5. The number of aromatic nitrogens is 1. The van der Waals surface area contributed by atoms with Gasteiger partial charge in [0.25, 0.3) is 10.0 Å². The van der Waals surface area contributed by atoms with Crippen LogP contribution in [0.4, 0.5) is 5.69 Å². The van der Waals surface area contributed by atoms with E-state index in [1.807, 2.05) is 0 Å². The van der Waals surface area contributed by atoms with E-state index in [9.17, 15) is 16.8 Å². The van der Waals surface area contributed by atoms with Crippen LogP contribution in [-0.4, -0.2) is 39.4 Å². The lowest BCUT2D eigenvalue weighted by molar-refractivity contribution is 0.390. The maximum absolute atomic E-state index is 12.8. The number of anilines is 1. The molecule has 1 aliphatic heterocycles. The second kappa shape index (κ2) is 7.61. The summed E-state index contributed by atoms with van der Waals surface area (Å²) in [5.41, 5.74) is 0.533. The predicted molar refractivity (Wildman–Crippen MR) is 100 cm³/mol. The first kappa shape index (κ1) is 19.8. The Hall–Kier alpha value is -1.91. The van der Waals surface area contributed by atoms with Crippen molar-refractivity contribution < 1.29 is 21.4 Å². The first-order valence-corrected chi connectivity index (χ1v) is 11.7. The molecule has 1 saturated heterocycles. The van der Waals surface area contributed by atoms with E-state index in [1.54, 1.807) is 6.92 Å². The molecule has 1 aliphatic rings. The van der Waals surface area contributed by atoms with Crippen LogP contribution >= 0.6 is 0 Å². The van der Waals surface area contributed by atoms with Gasteiger partial charge in [-0.05, 0) is 51.0 Å². The lowest BCUT2D eigenvalue weighted by atomic mass is 10.2. The van der Waals surface area contributed by atoms with Gasteiger partial charge in [0.15, 0.2) is 10.7 Å². The summed E-state index contributed by atoms with van der Waals surface area (Å²) in [6, 6.07) is 5.73. The summed E-state index contributed by atoms with van der Waals surface area (Å²) in [7, 11) is -7.44. The van der Waals surface area contributed by atoms with E-state index in [-0.39, 0.29) is 26.9 Å². The number of rotatable bonds is 5. The van der Waals surface area contributed by atoms with Crippen molar-refractivity contribution in [1.82, 2.24) is 9.46 Å². The van der Waals surface area contributed by atoms with Crippen molar-refractivity contribution in [2.45, 2.75) is 49.3 Å². The highest BCUT2D eigenvalue weighted by Gasteiger charge is 2.26. The van der Waals surface area contributed by atoms with Gasteiger partial charge in [0.2, 0.25) is 10.0 Å². The molecule has 0 aliphatic carbocycles. The number of aryl methyl sites for hydroxylation is 2. The second-order valence-corrected chi connectivity index (χ2v) is 10.2. The standard InChI is InChI=1S/C17H23N3O5S2/c1-13-17(14(2)25-18-13)26(21,22)19-15-7-9-16(10-8-15)27(23,24)20-11-5-3-4-6-12-20/h7-10,19H,3-6,11-12H2,1-2H3. The van der Waals surface area contributed by atoms with Crippen molar-refractivity contribution in [3.8, 4) is 0 Å². The lowest BCUT2D eigenvalue weighted by Gasteiger charge is -2.20. The van der Waals surface area contributed by atoms with Crippen LogP contribution in [-0.2, 0) is 20.0 Å². The fourth-order valence-electron chi connectivity index (χ4n) is 3.19. The molecule has 8 nitrogen and oxygen atoms in total. The first-order chi connectivity index (χ1) is 12.7. The molecule has 1 aromatic heterocycles. The molecule has 3 rings (SSSR count). The second-order valence-electron chi connectivity index (χ2n) is 6.60. The van der Waals surface area contributed by atoms with Gasteiger partial charge in [0.1, 0.15) is 5.69 Å². The van der Waals surface area contributed by atoms with Gasteiger partial charge < -0.3 is 4.52 Å². The number of hydrogen-bond acceptors (Lipinski definition) is 6. The molecule has 0 bridgehead atoms. The zero-order chi connectivity index (χ0) is 19.7. The highest BCUT2D eigenvalue weighted by atomic mass is 32.2. The van der Waals surface area contributed by atoms with Crippen LogP contribution in [0.2, 0.25) is 0 Å². The molecule has 0 radical (unpaired) electrons. The lowest BCUT2D eigenvalue weighted by Crippen LogP contribution is -2.31. The van der Waals surface area contributed by atoms with Gasteiger partial charge in [-0.1, -0.05) is 18.0 Å². The Morgan fingerprint density at radius 1 is 0.963 bits per heavy atom.